The summed E-state index contributed by atoms with van der Waals surface area (Å²) >= 11 is 5.83. The van der Waals surface area contributed by atoms with E-state index in [2.05, 4.69) is 5.32 Å². The van der Waals surface area contributed by atoms with E-state index < -0.39 is 17.8 Å². The van der Waals surface area contributed by atoms with Crippen LogP contribution in [0.25, 0.3) is 0 Å². The van der Waals surface area contributed by atoms with Crippen molar-refractivity contribution in [2.75, 3.05) is 0 Å². The van der Waals surface area contributed by atoms with Crippen LogP contribution >= 0.6 is 11.6 Å². The number of carboxylic acid groups (broad SMARTS) is 1. The number of aliphatic carboxylic acids is 1. The van der Waals surface area contributed by atoms with Crippen molar-refractivity contribution >= 4 is 23.5 Å². The molecule has 1 aromatic carbocycles. The predicted octanol–water partition coefficient (Wildman–Crippen LogP) is 3.02. The van der Waals surface area contributed by atoms with Gasteiger partial charge in [-0.2, -0.15) is 0 Å². The number of carbonyl (C=O) groups excluding carboxylic acids is 1. The lowest BCUT2D eigenvalue weighted by Crippen LogP contribution is -2.36. The summed E-state index contributed by atoms with van der Waals surface area (Å²) in [4.78, 5) is 23.3. The molecule has 1 aliphatic rings. The van der Waals surface area contributed by atoms with Crippen molar-refractivity contribution in [3.63, 3.8) is 0 Å². The van der Waals surface area contributed by atoms with Gasteiger partial charge in [-0.25, -0.2) is 0 Å². The number of nitrogens with one attached hydrogen (secondary N) is 1. The quantitative estimate of drug-likeness (QED) is 0.897. The number of hydrogen-bond acceptors (Lipinski definition) is 2. The van der Waals surface area contributed by atoms with Gasteiger partial charge in [0.25, 0.3) is 0 Å². The van der Waals surface area contributed by atoms with Crippen molar-refractivity contribution in [2.24, 2.45) is 11.8 Å². The Kier molecular flexibility index (Phi) is 4.65. The molecule has 0 bridgehead atoms. The molecule has 1 amide bonds. The second-order valence-corrected chi connectivity index (χ2v) is 5.70. The number of benzene rings is 1. The first-order chi connectivity index (χ1) is 9.49. The molecular formula is C15H18ClNO3. The van der Waals surface area contributed by atoms with Crippen LogP contribution < -0.4 is 5.32 Å². The van der Waals surface area contributed by atoms with Gasteiger partial charge in [0.1, 0.15) is 0 Å². The molecule has 0 heterocycles. The largest absolute Gasteiger partial charge is 0.481 e. The van der Waals surface area contributed by atoms with E-state index in [9.17, 15) is 9.59 Å². The van der Waals surface area contributed by atoms with Crippen molar-refractivity contribution < 1.29 is 14.7 Å². The second kappa shape index (κ2) is 6.27. The summed E-state index contributed by atoms with van der Waals surface area (Å²) < 4.78 is 0. The van der Waals surface area contributed by atoms with Gasteiger partial charge in [0.15, 0.2) is 0 Å². The summed E-state index contributed by atoms with van der Waals surface area (Å²) in [5.41, 5.74) is 0.952. The van der Waals surface area contributed by atoms with Crippen molar-refractivity contribution in [3.8, 4) is 0 Å². The molecule has 5 heteroatoms. The van der Waals surface area contributed by atoms with E-state index in [1.54, 1.807) is 12.1 Å². The van der Waals surface area contributed by atoms with Crippen LogP contribution in [0.3, 0.4) is 0 Å². The monoisotopic (exact) mass is 295 g/mol. The molecule has 0 saturated heterocycles. The highest BCUT2D eigenvalue weighted by Crippen LogP contribution is 2.32. The Morgan fingerprint density at radius 3 is 2.45 bits per heavy atom. The molecule has 1 aromatic rings. The molecule has 1 saturated carbocycles. The summed E-state index contributed by atoms with van der Waals surface area (Å²) in [6.45, 7) is 1.88. The van der Waals surface area contributed by atoms with Gasteiger partial charge < -0.3 is 10.4 Å². The number of rotatable bonds is 4. The lowest BCUT2D eigenvalue weighted by Gasteiger charge is -2.20. The van der Waals surface area contributed by atoms with Crippen LogP contribution in [0.15, 0.2) is 24.3 Å². The lowest BCUT2D eigenvalue weighted by molar-refractivity contribution is -0.146. The first kappa shape index (κ1) is 14.9. The van der Waals surface area contributed by atoms with Crippen LogP contribution in [0.4, 0.5) is 0 Å². The van der Waals surface area contributed by atoms with E-state index in [0.717, 1.165) is 12.0 Å². The van der Waals surface area contributed by atoms with Crippen LogP contribution in [-0.2, 0) is 9.59 Å². The lowest BCUT2D eigenvalue weighted by atomic mass is 9.94. The van der Waals surface area contributed by atoms with E-state index in [4.69, 9.17) is 16.7 Å². The minimum Gasteiger partial charge on any atom is -0.481 e. The molecule has 0 radical (unpaired) electrons. The third-order valence-electron chi connectivity index (χ3n) is 3.90. The van der Waals surface area contributed by atoms with Gasteiger partial charge in [0.2, 0.25) is 5.91 Å². The fraction of sp³-hybridized carbons (Fsp3) is 0.467. The van der Waals surface area contributed by atoms with Gasteiger partial charge in [-0.3, -0.25) is 9.59 Å². The third-order valence-corrected chi connectivity index (χ3v) is 4.15. The molecule has 0 spiro atoms. The summed E-state index contributed by atoms with van der Waals surface area (Å²) in [5, 5.41) is 12.7. The fourth-order valence-electron chi connectivity index (χ4n) is 2.72. The third kappa shape index (κ3) is 3.31. The van der Waals surface area contributed by atoms with E-state index in [0.29, 0.717) is 17.9 Å². The average Bonchev–Trinajstić information content (AvgIpc) is 2.88. The predicted molar refractivity (Wildman–Crippen MR) is 76.5 cm³/mol. The van der Waals surface area contributed by atoms with Gasteiger partial charge in [-0.05, 0) is 37.5 Å². The molecule has 108 valence electrons. The fourth-order valence-corrected chi connectivity index (χ4v) is 2.85. The zero-order valence-electron chi connectivity index (χ0n) is 11.3. The molecule has 1 fully saturated rings. The average molecular weight is 296 g/mol. The van der Waals surface area contributed by atoms with Crippen molar-refractivity contribution in [1.82, 2.24) is 5.32 Å². The Morgan fingerprint density at radius 1 is 1.25 bits per heavy atom. The smallest absolute Gasteiger partial charge is 0.307 e. The van der Waals surface area contributed by atoms with E-state index >= 15 is 0 Å². The molecule has 2 N–H and O–H groups in total. The Labute approximate surface area is 123 Å². The first-order valence-corrected chi connectivity index (χ1v) is 7.15. The number of amides is 1. The zero-order valence-corrected chi connectivity index (χ0v) is 12.1. The van der Waals surface area contributed by atoms with Crippen LogP contribution in [0.1, 0.15) is 37.8 Å². The Bertz CT molecular complexity index is 500. The van der Waals surface area contributed by atoms with Gasteiger partial charge in [-0.15, -0.1) is 0 Å². The Balaban J connectivity index is 2.00. The maximum absolute atomic E-state index is 12.2. The SMILES string of the molecule is CC(NC(=O)C1CCCC1C(=O)O)c1ccc(Cl)cc1. The highest BCUT2D eigenvalue weighted by atomic mass is 35.5. The van der Waals surface area contributed by atoms with Crippen LogP contribution in [-0.4, -0.2) is 17.0 Å². The minimum absolute atomic E-state index is 0.158. The number of halogens is 1. The molecular weight excluding hydrogens is 278 g/mol. The molecule has 0 aromatic heterocycles. The minimum atomic E-state index is -0.873. The van der Waals surface area contributed by atoms with Crippen LogP contribution in [0, 0.1) is 11.8 Å². The standard InChI is InChI=1S/C15H18ClNO3/c1-9(10-5-7-11(16)8-6-10)17-14(18)12-3-2-4-13(12)15(19)20/h5-9,12-13H,2-4H2,1H3,(H,17,18)(H,19,20). The van der Waals surface area contributed by atoms with Crippen molar-refractivity contribution in [1.29, 1.82) is 0 Å². The zero-order chi connectivity index (χ0) is 14.7. The van der Waals surface area contributed by atoms with Crippen LogP contribution in [0.2, 0.25) is 5.02 Å². The highest BCUT2D eigenvalue weighted by Gasteiger charge is 2.38. The van der Waals surface area contributed by atoms with Gasteiger partial charge in [0, 0.05) is 5.02 Å². The normalized spacial score (nSPS) is 23.3. The maximum atomic E-state index is 12.2. The first-order valence-electron chi connectivity index (χ1n) is 6.77. The van der Waals surface area contributed by atoms with Crippen molar-refractivity contribution in [2.45, 2.75) is 32.2 Å². The number of carboxylic acids is 1. The van der Waals surface area contributed by atoms with E-state index in [1.807, 2.05) is 19.1 Å². The number of carbonyl (C=O) groups is 2. The van der Waals surface area contributed by atoms with Gasteiger partial charge >= 0.3 is 5.97 Å². The van der Waals surface area contributed by atoms with Crippen molar-refractivity contribution in [3.05, 3.63) is 34.9 Å². The molecule has 4 nitrogen and oxygen atoms in total. The van der Waals surface area contributed by atoms with Gasteiger partial charge in [-0.1, -0.05) is 30.2 Å². The summed E-state index contributed by atoms with van der Waals surface area (Å²) in [5.74, 6) is -2.01. The maximum Gasteiger partial charge on any atom is 0.307 e. The highest BCUT2D eigenvalue weighted by molar-refractivity contribution is 6.30. The summed E-state index contributed by atoms with van der Waals surface area (Å²) in [7, 11) is 0. The molecule has 20 heavy (non-hydrogen) atoms. The van der Waals surface area contributed by atoms with Crippen LogP contribution in [0.5, 0.6) is 0 Å². The molecule has 1 aliphatic carbocycles. The Hall–Kier alpha value is -1.55. The van der Waals surface area contributed by atoms with E-state index in [1.165, 1.54) is 0 Å². The molecule has 3 atom stereocenters. The topological polar surface area (TPSA) is 66.4 Å². The molecule has 3 unspecified atom stereocenters. The van der Waals surface area contributed by atoms with Gasteiger partial charge in [0.05, 0.1) is 17.9 Å². The molecule has 0 aliphatic heterocycles. The molecule has 2 rings (SSSR count). The second-order valence-electron chi connectivity index (χ2n) is 5.26. The summed E-state index contributed by atoms with van der Waals surface area (Å²) in [6, 6.07) is 7.10. The Morgan fingerprint density at radius 2 is 1.85 bits per heavy atom. The number of hydrogen-bond donors (Lipinski definition) is 2. The van der Waals surface area contributed by atoms with E-state index in [-0.39, 0.29) is 11.9 Å². The summed E-state index contributed by atoms with van der Waals surface area (Å²) in [6.07, 6.45) is 2.03.